The molecule has 0 unspecified atom stereocenters. The summed E-state index contributed by atoms with van der Waals surface area (Å²) in [6.07, 6.45) is 5.15. The summed E-state index contributed by atoms with van der Waals surface area (Å²) in [5, 5.41) is 0. The minimum atomic E-state index is -0.481. The first-order chi connectivity index (χ1) is 6.33. The van der Waals surface area contributed by atoms with Crippen molar-refractivity contribution in [3.63, 3.8) is 0 Å². The maximum absolute atomic E-state index is 9.47. The van der Waals surface area contributed by atoms with Crippen molar-refractivity contribution in [2.24, 2.45) is 5.73 Å². The van der Waals surface area contributed by atoms with Gasteiger partial charge in [-0.2, -0.15) is 0 Å². The van der Waals surface area contributed by atoms with Gasteiger partial charge in [0.25, 0.3) is 0 Å². The first-order valence-electron chi connectivity index (χ1n) is 5.05. The Hall–Kier alpha value is -0.540. The number of hydrogen-bond donors (Lipinski definition) is 1. The number of amides is 1. The van der Waals surface area contributed by atoms with Gasteiger partial charge in [-0.25, -0.2) is 0 Å². The summed E-state index contributed by atoms with van der Waals surface area (Å²) < 4.78 is 1.11. The van der Waals surface area contributed by atoms with Gasteiger partial charge in [0.1, 0.15) is 0 Å². The van der Waals surface area contributed by atoms with Crippen LogP contribution in [0.5, 0.6) is 0 Å². The van der Waals surface area contributed by atoms with Crippen molar-refractivity contribution in [2.45, 2.75) is 26.2 Å². The van der Waals surface area contributed by atoms with Gasteiger partial charge in [-0.05, 0) is 18.9 Å². The molecule has 0 atom stereocenters. The minimum Gasteiger partial charge on any atom is -1.00 e. The molecule has 0 aliphatic carbocycles. The molecule has 0 aromatic rings. The van der Waals surface area contributed by atoms with E-state index < -0.39 is 5.91 Å². The number of hydrogen-bond acceptors (Lipinski definition) is 1. The average molecular weight is 237 g/mol. The molecule has 15 heavy (non-hydrogen) atoms. The Morgan fingerprint density at radius 2 is 1.73 bits per heavy atom. The standard InChI is InChI=1S/C8H20N.C3H5NO.ClH/c1-5-6-7-8-9(2,3)4;1-2-3(4)5;/h5-8H2,1-4H3;2H,1H2,(H2,4,5);1H/q+1;;/p-1. The molecule has 0 heterocycles. The van der Waals surface area contributed by atoms with Crippen molar-refractivity contribution in [1.29, 1.82) is 0 Å². The Morgan fingerprint density at radius 3 is 1.93 bits per heavy atom. The van der Waals surface area contributed by atoms with E-state index in [1.54, 1.807) is 0 Å². The Balaban J connectivity index is -0.000000208. The maximum Gasteiger partial charge on any atom is 0.240 e. The normalized spacial score (nSPS) is 9.33. The summed E-state index contributed by atoms with van der Waals surface area (Å²) in [5.41, 5.74) is 4.53. The monoisotopic (exact) mass is 236 g/mol. The van der Waals surface area contributed by atoms with Gasteiger partial charge < -0.3 is 22.6 Å². The number of unbranched alkanes of at least 4 members (excludes halogenated alkanes) is 2. The molecule has 0 rings (SSSR count). The van der Waals surface area contributed by atoms with Crippen LogP contribution in [0, 0.1) is 0 Å². The zero-order chi connectivity index (χ0) is 11.6. The molecular formula is C11H25ClN2O. The van der Waals surface area contributed by atoms with Crippen LogP contribution in [0.15, 0.2) is 12.7 Å². The highest BCUT2D eigenvalue weighted by molar-refractivity contribution is 5.84. The third-order valence-electron chi connectivity index (χ3n) is 1.63. The molecule has 0 aromatic heterocycles. The summed E-state index contributed by atoms with van der Waals surface area (Å²) in [7, 11) is 6.74. The molecule has 0 saturated heterocycles. The molecule has 2 N–H and O–H groups in total. The second-order valence-corrected chi connectivity index (χ2v) is 4.33. The van der Waals surface area contributed by atoms with Crippen LogP contribution < -0.4 is 18.1 Å². The van der Waals surface area contributed by atoms with E-state index in [1.807, 2.05) is 0 Å². The number of halogens is 1. The Morgan fingerprint density at radius 1 is 1.33 bits per heavy atom. The first-order valence-corrected chi connectivity index (χ1v) is 5.05. The Labute approximate surface area is 100 Å². The van der Waals surface area contributed by atoms with Crippen molar-refractivity contribution < 1.29 is 21.7 Å². The number of quaternary nitrogens is 1. The van der Waals surface area contributed by atoms with Gasteiger partial charge in [0, 0.05) is 0 Å². The number of nitrogens with zero attached hydrogens (tertiary/aromatic N) is 1. The van der Waals surface area contributed by atoms with Crippen molar-refractivity contribution >= 4 is 5.91 Å². The molecule has 0 saturated carbocycles. The van der Waals surface area contributed by atoms with E-state index in [0.717, 1.165) is 10.6 Å². The van der Waals surface area contributed by atoms with Gasteiger partial charge in [0.05, 0.1) is 27.7 Å². The second-order valence-electron chi connectivity index (χ2n) is 4.33. The van der Waals surface area contributed by atoms with Gasteiger partial charge in [0.15, 0.2) is 0 Å². The summed E-state index contributed by atoms with van der Waals surface area (Å²) in [5.74, 6) is -0.481. The molecular weight excluding hydrogens is 212 g/mol. The van der Waals surface area contributed by atoms with Crippen LogP contribution in [0.3, 0.4) is 0 Å². The molecule has 0 radical (unpaired) electrons. The molecule has 92 valence electrons. The molecule has 0 spiro atoms. The van der Waals surface area contributed by atoms with Crippen molar-refractivity contribution in [3.05, 3.63) is 12.7 Å². The third-order valence-corrected chi connectivity index (χ3v) is 1.63. The smallest absolute Gasteiger partial charge is 0.240 e. The summed E-state index contributed by atoms with van der Waals surface area (Å²) in [4.78, 5) is 9.47. The lowest BCUT2D eigenvalue weighted by Gasteiger charge is -2.23. The lowest BCUT2D eigenvalue weighted by Crippen LogP contribution is -3.00. The van der Waals surface area contributed by atoms with Gasteiger partial charge in [-0.15, -0.1) is 0 Å². The fraction of sp³-hybridized carbons (Fsp3) is 0.727. The van der Waals surface area contributed by atoms with E-state index in [-0.39, 0.29) is 12.4 Å². The van der Waals surface area contributed by atoms with Crippen LogP contribution in [0.1, 0.15) is 26.2 Å². The molecule has 3 nitrogen and oxygen atoms in total. The molecule has 1 amide bonds. The van der Waals surface area contributed by atoms with E-state index in [9.17, 15) is 4.79 Å². The lowest BCUT2D eigenvalue weighted by atomic mass is 10.2. The van der Waals surface area contributed by atoms with Crippen LogP contribution in [-0.4, -0.2) is 38.1 Å². The van der Waals surface area contributed by atoms with Gasteiger partial charge in [-0.1, -0.05) is 19.9 Å². The summed E-state index contributed by atoms with van der Waals surface area (Å²) in [6, 6.07) is 0. The highest BCUT2D eigenvalue weighted by Crippen LogP contribution is 1.98. The highest BCUT2D eigenvalue weighted by atomic mass is 35.5. The predicted octanol–water partition coefficient (Wildman–Crippen LogP) is -1.46. The zero-order valence-electron chi connectivity index (χ0n) is 10.4. The molecule has 0 fully saturated rings. The van der Waals surface area contributed by atoms with E-state index in [2.05, 4.69) is 40.4 Å². The largest absolute Gasteiger partial charge is 1.00 e. The van der Waals surface area contributed by atoms with E-state index >= 15 is 0 Å². The molecule has 4 heteroatoms. The van der Waals surface area contributed by atoms with E-state index in [0.29, 0.717) is 0 Å². The van der Waals surface area contributed by atoms with Gasteiger partial charge >= 0.3 is 0 Å². The topological polar surface area (TPSA) is 43.1 Å². The second kappa shape index (κ2) is 11.5. The SMILES string of the molecule is C=CC(N)=O.CCCCC[N+](C)(C)C.[Cl-]. The molecule has 0 bridgehead atoms. The van der Waals surface area contributed by atoms with E-state index in [1.165, 1.54) is 25.8 Å². The van der Waals surface area contributed by atoms with Crippen LogP contribution in [0.4, 0.5) is 0 Å². The Bertz CT molecular complexity index is 164. The molecule has 0 aliphatic rings. The third kappa shape index (κ3) is 31.8. The maximum atomic E-state index is 9.47. The van der Waals surface area contributed by atoms with Crippen LogP contribution in [-0.2, 0) is 4.79 Å². The quantitative estimate of drug-likeness (QED) is 0.354. The van der Waals surface area contributed by atoms with Crippen molar-refractivity contribution in [1.82, 2.24) is 0 Å². The minimum absolute atomic E-state index is 0. The average Bonchev–Trinajstić information content (AvgIpc) is 2.04. The predicted molar refractivity (Wildman–Crippen MR) is 61.8 cm³/mol. The van der Waals surface area contributed by atoms with Crippen LogP contribution in [0.25, 0.3) is 0 Å². The highest BCUT2D eigenvalue weighted by Gasteiger charge is 2.03. The first kappa shape index (κ1) is 19.9. The summed E-state index contributed by atoms with van der Waals surface area (Å²) in [6.45, 7) is 6.64. The zero-order valence-corrected chi connectivity index (χ0v) is 11.2. The number of carbonyl (C=O) groups is 1. The fourth-order valence-corrected chi connectivity index (χ4v) is 0.836. The molecule has 0 aliphatic heterocycles. The van der Waals surface area contributed by atoms with Crippen molar-refractivity contribution in [2.75, 3.05) is 27.7 Å². The van der Waals surface area contributed by atoms with Crippen molar-refractivity contribution in [3.8, 4) is 0 Å². The molecule has 0 aromatic carbocycles. The number of rotatable bonds is 5. The lowest BCUT2D eigenvalue weighted by molar-refractivity contribution is -0.870. The van der Waals surface area contributed by atoms with Gasteiger partial charge in [-0.3, -0.25) is 4.79 Å². The number of primary amides is 1. The van der Waals surface area contributed by atoms with Crippen LogP contribution >= 0.6 is 0 Å². The van der Waals surface area contributed by atoms with Crippen LogP contribution in [0.2, 0.25) is 0 Å². The Kier molecular flexibility index (Phi) is 15.3. The fourth-order valence-electron chi connectivity index (χ4n) is 0.836. The van der Waals surface area contributed by atoms with E-state index in [4.69, 9.17) is 0 Å². The number of nitrogens with two attached hydrogens (primary N) is 1. The van der Waals surface area contributed by atoms with Gasteiger partial charge in [0.2, 0.25) is 5.91 Å². The summed E-state index contributed by atoms with van der Waals surface area (Å²) >= 11 is 0. The number of carbonyl (C=O) groups excluding carboxylic acids is 1.